The van der Waals surface area contributed by atoms with E-state index in [2.05, 4.69) is 10.1 Å². The first kappa shape index (κ1) is 17.9. The summed E-state index contributed by atoms with van der Waals surface area (Å²) in [5, 5.41) is 24.0. The van der Waals surface area contributed by atoms with Crippen molar-refractivity contribution < 1.29 is 14.6 Å². The van der Waals surface area contributed by atoms with Crippen molar-refractivity contribution in [3.05, 3.63) is 57.0 Å². The highest BCUT2D eigenvalue weighted by atomic mass is 16.3. The minimum absolute atomic E-state index is 0.173. The molecule has 1 fully saturated rings. The molecule has 2 aromatic carbocycles. The van der Waals surface area contributed by atoms with Crippen LogP contribution in [0.5, 0.6) is 11.5 Å². The fraction of sp³-hybridized carbons (Fsp3) is 0.217. The molecule has 0 bridgehead atoms. The predicted molar refractivity (Wildman–Crippen MR) is 117 cm³/mol. The van der Waals surface area contributed by atoms with Crippen molar-refractivity contribution >= 4 is 33.1 Å². The molecule has 1 saturated carbocycles. The maximum atomic E-state index is 13.1. The van der Waals surface area contributed by atoms with Gasteiger partial charge in [0.15, 0.2) is 22.5 Å². The number of nitrogens with zero attached hydrogens (tertiary/aromatic N) is 1. The molecule has 0 saturated heterocycles. The van der Waals surface area contributed by atoms with Gasteiger partial charge in [0.25, 0.3) is 5.56 Å². The van der Waals surface area contributed by atoms with Crippen molar-refractivity contribution in [1.29, 1.82) is 0 Å². The van der Waals surface area contributed by atoms with E-state index in [9.17, 15) is 19.8 Å². The van der Waals surface area contributed by atoms with Gasteiger partial charge in [0.2, 0.25) is 0 Å². The second-order valence-electron chi connectivity index (χ2n) is 8.14. The first-order chi connectivity index (χ1) is 15.0. The van der Waals surface area contributed by atoms with Gasteiger partial charge in [-0.15, -0.1) is 0 Å². The molecule has 8 nitrogen and oxygen atoms in total. The SMILES string of the molecule is O=c1ccc2c(c1)oc1c(-c3ccc(O)c(O)c3)c3c(=O)[nH]n(C4CCCC4)c3[nH]c12. The third kappa shape index (κ3) is 2.54. The number of nitrogens with one attached hydrogen (secondary N) is 2. The van der Waals surface area contributed by atoms with Gasteiger partial charge < -0.3 is 19.6 Å². The molecule has 6 rings (SSSR count). The van der Waals surface area contributed by atoms with Crippen LogP contribution in [0.25, 0.3) is 44.2 Å². The standard InChI is InChI=1S/C23H19N3O5/c27-13-6-7-14-17(10-13)31-21-18(11-5-8-15(28)16(29)9-11)19-22(24-20(14)21)26(25-23(19)30)12-3-1-2-4-12/h5-10,12,24,28-29H,1-4H2,(H,25,30). The van der Waals surface area contributed by atoms with E-state index in [1.165, 1.54) is 24.3 Å². The fourth-order valence-corrected chi connectivity index (χ4v) is 4.80. The Morgan fingerprint density at radius 2 is 1.81 bits per heavy atom. The number of benzene rings is 2. The first-order valence-corrected chi connectivity index (χ1v) is 10.3. The zero-order valence-corrected chi connectivity index (χ0v) is 16.4. The van der Waals surface area contributed by atoms with Crippen molar-refractivity contribution in [3.8, 4) is 22.6 Å². The second-order valence-corrected chi connectivity index (χ2v) is 8.14. The molecule has 8 heteroatoms. The lowest BCUT2D eigenvalue weighted by Gasteiger charge is -2.13. The predicted octanol–water partition coefficient (Wildman–Crippen LogP) is 4.11. The fourth-order valence-electron chi connectivity index (χ4n) is 4.80. The van der Waals surface area contributed by atoms with E-state index < -0.39 is 0 Å². The molecule has 0 unspecified atom stereocenters. The smallest absolute Gasteiger partial charge is 0.274 e. The zero-order chi connectivity index (χ0) is 21.3. The molecular formula is C23H19N3O5. The number of hydrogen-bond donors (Lipinski definition) is 4. The van der Waals surface area contributed by atoms with Gasteiger partial charge in [-0.3, -0.25) is 19.4 Å². The molecule has 1 aliphatic carbocycles. The molecule has 5 aromatic rings. The van der Waals surface area contributed by atoms with E-state index in [1.54, 1.807) is 12.1 Å². The highest BCUT2D eigenvalue weighted by Crippen LogP contribution is 2.41. The first-order valence-electron chi connectivity index (χ1n) is 10.3. The summed E-state index contributed by atoms with van der Waals surface area (Å²) < 4.78 is 7.95. The number of furan rings is 1. The van der Waals surface area contributed by atoms with Crippen LogP contribution in [0, 0.1) is 0 Å². The molecule has 0 atom stereocenters. The van der Waals surface area contributed by atoms with E-state index in [0.717, 1.165) is 31.1 Å². The average molecular weight is 417 g/mol. The molecular weight excluding hydrogens is 398 g/mol. The van der Waals surface area contributed by atoms with Crippen molar-refractivity contribution in [1.82, 2.24) is 14.8 Å². The van der Waals surface area contributed by atoms with E-state index in [-0.39, 0.29) is 28.5 Å². The minimum atomic E-state index is -0.295. The van der Waals surface area contributed by atoms with Gasteiger partial charge in [-0.1, -0.05) is 18.9 Å². The number of fused-ring (bicyclic) bond motifs is 4. The van der Waals surface area contributed by atoms with Gasteiger partial charge in [-0.05, 0) is 42.7 Å². The number of phenols is 2. The number of aromatic hydroxyl groups is 2. The topological polar surface area (TPSA) is 124 Å². The summed E-state index contributed by atoms with van der Waals surface area (Å²) in [6, 6.07) is 9.19. The Morgan fingerprint density at radius 3 is 2.58 bits per heavy atom. The van der Waals surface area contributed by atoms with Crippen LogP contribution in [-0.2, 0) is 0 Å². The van der Waals surface area contributed by atoms with Gasteiger partial charge in [-0.2, -0.15) is 0 Å². The van der Waals surface area contributed by atoms with Crippen LogP contribution in [0.3, 0.4) is 0 Å². The Balaban J connectivity index is 1.81. The maximum absolute atomic E-state index is 13.1. The number of pyridine rings is 1. The molecule has 1 aliphatic rings. The number of H-pyrrole nitrogens is 2. The Hall–Kier alpha value is -3.94. The van der Waals surface area contributed by atoms with Crippen LogP contribution < -0.4 is 11.0 Å². The van der Waals surface area contributed by atoms with Gasteiger partial charge >= 0.3 is 0 Å². The lowest BCUT2D eigenvalue weighted by atomic mass is 10.0. The Morgan fingerprint density at radius 1 is 1.00 bits per heavy atom. The van der Waals surface area contributed by atoms with Gasteiger partial charge in [0, 0.05) is 17.0 Å². The Bertz CT molecular complexity index is 1610. The number of rotatable bonds is 2. The van der Waals surface area contributed by atoms with E-state index in [0.29, 0.717) is 38.8 Å². The van der Waals surface area contributed by atoms with E-state index in [4.69, 9.17) is 4.42 Å². The van der Waals surface area contributed by atoms with Gasteiger partial charge in [0.1, 0.15) is 11.2 Å². The van der Waals surface area contributed by atoms with Crippen LogP contribution in [0.1, 0.15) is 31.7 Å². The lowest BCUT2D eigenvalue weighted by Crippen LogP contribution is -2.10. The highest BCUT2D eigenvalue weighted by Gasteiger charge is 2.26. The van der Waals surface area contributed by atoms with Crippen molar-refractivity contribution in [3.63, 3.8) is 0 Å². The number of aromatic nitrogens is 3. The summed E-state index contributed by atoms with van der Waals surface area (Å²) in [5.74, 6) is -0.548. The van der Waals surface area contributed by atoms with E-state index in [1.807, 2.05) is 4.68 Å². The molecule has 4 N–H and O–H groups in total. The van der Waals surface area contributed by atoms with Crippen molar-refractivity contribution in [2.45, 2.75) is 31.7 Å². The van der Waals surface area contributed by atoms with Crippen molar-refractivity contribution in [2.24, 2.45) is 0 Å². The summed E-state index contributed by atoms with van der Waals surface area (Å²) in [6.45, 7) is 0. The van der Waals surface area contributed by atoms with E-state index >= 15 is 0 Å². The third-order valence-corrected chi connectivity index (χ3v) is 6.26. The zero-order valence-electron chi connectivity index (χ0n) is 16.4. The summed E-state index contributed by atoms with van der Waals surface area (Å²) in [7, 11) is 0. The van der Waals surface area contributed by atoms with Crippen LogP contribution in [-0.4, -0.2) is 25.0 Å². The van der Waals surface area contributed by atoms with Crippen LogP contribution in [0.2, 0.25) is 0 Å². The molecule has 156 valence electrons. The van der Waals surface area contributed by atoms with Gasteiger partial charge in [-0.25, -0.2) is 0 Å². The quantitative estimate of drug-likeness (QED) is 0.322. The van der Waals surface area contributed by atoms with Crippen LogP contribution in [0.4, 0.5) is 0 Å². The maximum Gasteiger partial charge on any atom is 0.274 e. The second kappa shape index (κ2) is 6.28. The molecule has 0 aliphatic heterocycles. The van der Waals surface area contributed by atoms with Crippen LogP contribution >= 0.6 is 0 Å². The molecule has 3 aromatic heterocycles. The molecule has 0 amide bonds. The summed E-state index contributed by atoms with van der Waals surface area (Å²) >= 11 is 0. The summed E-state index contributed by atoms with van der Waals surface area (Å²) in [6.07, 6.45) is 4.17. The third-order valence-electron chi connectivity index (χ3n) is 6.26. The van der Waals surface area contributed by atoms with Crippen LogP contribution in [0.15, 0.2) is 50.4 Å². The molecule has 31 heavy (non-hydrogen) atoms. The highest BCUT2D eigenvalue weighted by molar-refractivity contribution is 6.14. The Kier molecular flexibility index (Phi) is 3.62. The van der Waals surface area contributed by atoms with Gasteiger partial charge in [0.05, 0.1) is 16.9 Å². The number of aromatic amines is 2. The molecule has 0 radical (unpaired) electrons. The monoisotopic (exact) mass is 417 g/mol. The number of phenolic OH excluding ortho intramolecular Hbond substituents is 2. The average Bonchev–Trinajstić information content (AvgIpc) is 3.46. The molecule has 0 spiro atoms. The Labute approximate surface area is 174 Å². The molecule has 3 heterocycles. The van der Waals surface area contributed by atoms with Crippen molar-refractivity contribution in [2.75, 3.05) is 0 Å². The normalized spacial score (nSPS) is 15.0. The summed E-state index contributed by atoms with van der Waals surface area (Å²) in [4.78, 5) is 28.4. The summed E-state index contributed by atoms with van der Waals surface area (Å²) in [5.41, 5.74) is 2.71. The largest absolute Gasteiger partial charge is 0.504 e. The minimum Gasteiger partial charge on any atom is -0.504 e. The lowest BCUT2D eigenvalue weighted by molar-refractivity contribution is 0.404. The number of hydrogen-bond acceptors (Lipinski definition) is 5.